The summed E-state index contributed by atoms with van der Waals surface area (Å²) in [5, 5.41) is 10.9. The maximum absolute atomic E-state index is 11.7. The van der Waals surface area contributed by atoms with Crippen molar-refractivity contribution < 1.29 is 14.6 Å². The Morgan fingerprint density at radius 1 is 1.00 bits per heavy atom. The zero-order valence-corrected chi connectivity index (χ0v) is 14.2. The Morgan fingerprint density at radius 2 is 1.73 bits per heavy atom. The Hall–Kier alpha value is -0.570. The molecule has 0 aromatic heterocycles. The van der Waals surface area contributed by atoms with Crippen LogP contribution in [-0.4, -0.2) is 22.8 Å². The first kappa shape index (κ1) is 15.0. The minimum Gasteiger partial charge on any atom is -0.462 e. The van der Waals surface area contributed by atoms with Gasteiger partial charge >= 0.3 is 5.97 Å². The van der Waals surface area contributed by atoms with E-state index in [2.05, 4.69) is 20.8 Å². The molecule has 0 radical (unpaired) electrons. The maximum Gasteiger partial charge on any atom is 0.306 e. The fourth-order valence-electron chi connectivity index (χ4n) is 6.79. The van der Waals surface area contributed by atoms with Crippen molar-refractivity contribution >= 4 is 5.97 Å². The molecule has 3 aliphatic carbocycles. The van der Waals surface area contributed by atoms with Crippen LogP contribution in [0.5, 0.6) is 0 Å². The average molecular weight is 306 g/mol. The maximum atomic E-state index is 11.7. The molecule has 0 spiro atoms. The van der Waals surface area contributed by atoms with E-state index in [4.69, 9.17) is 4.74 Å². The van der Waals surface area contributed by atoms with Crippen molar-refractivity contribution in [3.63, 3.8) is 0 Å². The number of hydrogen-bond acceptors (Lipinski definition) is 3. The van der Waals surface area contributed by atoms with E-state index in [0.717, 1.165) is 25.7 Å². The van der Waals surface area contributed by atoms with Crippen LogP contribution in [-0.2, 0) is 9.53 Å². The van der Waals surface area contributed by atoms with E-state index in [1.165, 1.54) is 19.3 Å². The molecule has 3 saturated carbocycles. The molecule has 4 fully saturated rings. The van der Waals surface area contributed by atoms with E-state index < -0.39 is 5.60 Å². The smallest absolute Gasteiger partial charge is 0.306 e. The van der Waals surface area contributed by atoms with Gasteiger partial charge in [-0.3, -0.25) is 4.79 Å². The molecule has 0 aromatic rings. The van der Waals surface area contributed by atoms with Crippen LogP contribution in [0.1, 0.15) is 72.1 Å². The normalized spacial score (nSPS) is 57.5. The lowest BCUT2D eigenvalue weighted by Crippen LogP contribution is -2.58. The minimum atomic E-state index is -0.501. The predicted molar refractivity (Wildman–Crippen MR) is 84.1 cm³/mol. The number of esters is 1. The summed E-state index contributed by atoms with van der Waals surface area (Å²) < 4.78 is 5.73. The Balaban J connectivity index is 1.65. The first-order valence-electron chi connectivity index (χ1n) is 9.20. The van der Waals surface area contributed by atoms with Crippen molar-refractivity contribution in [2.24, 2.45) is 28.6 Å². The largest absolute Gasteiger partial charge is 0.462 e. The van der Waals surface area contributed by atoms with Gasteiger partial charge in [0.05, 0.1) is 5.60 Å². The van der Waals surface area contributed by atoms with E-state index in [1.807, 2.05) is 0 Å². The number of carbonyl (C=O) groups is 1. The Kier molecular flexibility index (Phi) is 3.06. The van der Waals surface area contributed by atoms with Crippen molar-refractivity contribution in [2.45, 2.75) is 83.8 Å². The van der Waals surface area contributed by atoms with Gasteiger partial charge in [0.1, 0.15) is 6.10 Å². The molecular weight excluding hydrogens is 276 g/mol. The van der Waals surface area contributed by atoms with Crippen LogP contribution in [0.2, 0.25) is 0 Å². The highest BCUT2D eigenvalue weighted by Gasteiger charge is 2.63. The molecule has 1 saturated heterocycles. The Bertz CT molecular complexity index is 499. The van der Waals surface area contributed by atoms with E-state index >= 15 is 0 Å². The summed E-state index contributed by atoms with van der Waals surface area (Å²) in [6.07, 6.45) is 8.37. The molecule has 7 atom stereocenters. The zero-order valence-electron chi connectivity index (χ0n) is 14.2. The number of ether oxygens (including phenoxy) is 1. The molecule has 1 heterocycles. The molecule has 7 unspecified atom stereocenters. The fraction of sp³-hybridized carbons (Fsp3) is 0.947. The van der Waals surface area contributed by atoms with Crippen LogP contribution in [0, 0.1) is 28.6 Å². The summed E-state index contributed by atoms with van der Waals surface area (Å²) in [5.74, 6) is 2.04. The van der Waals surface area contributed by atoms with Crippen molar-refractivity contribution in [1.82, 2.24) is 0 Å². The lowest BCUT2D eigenvalue weighted by molar-refractivity contribution is -0.197. The standard InChI is InChI=1S/C19H30O3/c1-17-9-8-16(20)22-15(17)5-4-12-13(17)6-10-18(2)14(12)7-11-19(18,3)21/h12-15,21H,4-11H2,1-3H3. The molecule has 22 heavy (non-hydrogen) atoms. The second-order valence-electron chi connectivity index (χ2n) is 9.21. The van der Waals surface area contributed by atoms with Gasteiger partial charge in [0.15, 0.2) is 0 Å². The third kappa shape index (κ3) is 1.75. The molecular formula is C19H30O3. The van der Waals surface area contributed by atoms with Crippen LogP contribution in [0.15, 0.2) is 0 Å². The van der Waals surface area contributed by atoms with Gasteiger partial charge in [0, 0.05) is 11.8 Å². The molecule has 4 rings (SSSR count). The van der Waals surface area contributed by atoms with Gasteiger partial charge in [-0.25, -0.2) is 0 Å². The van der Waals surface area contributed by atoms with Gasteiger partial charge < -0.3 is 9.84 Å². The predicted octanol–water partition coefficient (Wildman–Crippen LogP) is 3.69. The van der Waals surface area contributed by atoms with Gasteiger partial charge in [-0.2, -0.15) is 0 Å². The Morgan fingerprint density at radius 3 is 2.50 bits per heavy atom. The van der Waals surface area contributed by atoms with Gasteiger partial charge in [0.2, 0.25) is 0 Å². The highest BCUT2D eigenvalue weighted by Crippen LogP contribution is 2.66. The summed E-state index contributed by atoms with van der Waals surface area (Å²) >= 11 is 0. The number of fused-ring (bicyclic) bond motifs is 5. The quantitative estimate of drug-likeness (QED) is 0.694. The van der Waals surface area contributed by atoms with E-state index in [0.29, 0.717) is 24.2 Å². The summed E-state index contributed by atoms with van der Waals surface area (Å²) in [7, 11) is 0. The molecule has 4 aliphatic rings. The lowest BCUT2D eigenvalue weighted by atomic mass is 9.47. The van der Waals surface area contributed by atoms with E-state index in [-0.39, 0.29) is 22.9 Å². The van der Waals surface area contributed by atoms with Crippen molar-refractivity contribution in [3.05, 3.63) is 0 Å². The number of hydrogen-bond donors (Lipinski definition) is 1. The summed E-state index contributed by atoms with van der Waals surface area (Å²) in [4.78, 5) is 11.7. The summed E-state index contributed by atoms with van der Waals surface area (Å²) in [5.41, 5.74) is -0.241. The molecule has 0 amide bonds. The third-order valence-corrected chi connectivity index (χ3v) is 8.49. The second kappa shape index (κ2) is 4.49. The molecule has 124 valence electrons. The molecule has 3 heteroatoms. The van der Waals surface area contributed by atoms with Crippen LogP contribution >= 0.6 is 0 Å². The molecule has 0 aromatic carbocycles. The first-order valence-corrected chi connectivity index (χ1v) is 9.20. The highest BCUT2D eigenvalue weighted by molar-refractivity contribution is 5.70. The number of carbonyl (C=O) groups excluding carboxylic acids is 1. The van der Waals surface area contributed by atoms with Crippen LogP contribution in [0.4, 0.5) is 0 Å². The number of rotatable bonds is 0. The van der Waals surface area contributed by atoms with Crippen LogP contribution in [0.3, 0.4) is 0 Å². The topological polar surface area (TPSA) is 46.5 Å². The average Bonchev–Trinajstić information content (AvgIpc) is 2.70. The van der Waals surface area contributed by atoms with E-state index in [1.54, 1.807) is 0 Å². The summed E-state index contributed by atoms with van der Waals surface area (Å²) in [6.45, 7) is 6.76. The molecule has 1 aliphatic heterocycles. The van der Waals surface area contributed by atoms with Gasteiger partial charge in [0.25, 0.3) is 0 Å². The first-order chi connectivity index (χ1) is 10.3. The van der Waals surface area contributed by atoms with Crippen LogP contribution in [0.25, 0.3) is 0 Å². The fourth-order valence-corrected chi connectivity index (χ4v) is 6.79. The van der Waals surface area contributed by atoms with Gasteiger partial charge in [-0.15, -0.1) is 0 Å². The summed E-state index contributed by atoms with van der Waals surface area (Å²) in [6, 6.07) is 0. The van der Waals surface area contributed by atoms with Gasteiger partial charge in [-0.1, -0.05) is 13.8 Å². The van der Waals surface area contributed by atoms with Crippen LogP contribution < -0.4 is 0 Å². The van der Waals surface area contributed by atoms with Crippen molar-refractivity contribution in [1.29, 1.82) is 0 Å². The van der Waals surface area contributed by atoms with Gasteiger partial charge in [-0.05, 0) is 75.0 Å². The molecule has 1 N–H and O–H groups in total. The van der Waals surface area contributed by atoms with Crippen molar-refractivity contribution in [3.8, 4) is 0 Å². The third-order valence-electron chi connectivity index (χ3n) is 8.49. The Labute approximate surface area is 133 Å². The minimum absolute atomic E-state index is 0.00497. The van der Waals surface area contributed by atoms with Crippen molar-refractivity contribution in [2.75, 3.05) is 0 Å². The SMILES string of the molecule is CC12CCC(=O)OC1CCC1C2CCC2(C)C1CCC2(C)O. The second-order valence-corrected chi connectivity index (χ2v) is 9.21. The monoisotopic (exact) mass is 306 g/mol. The molecule has 0 bridgehead atoms. The lowest BCUT2D eigenvalue weighted by Gasteiger charge is -2.60. The van der Waals surface area contributed by atoms with E-state index in [9.17, 15) is 9.90 Å². The number of aliphatic hydroxyl groups is 1. The molecule has 3 nitrogen and oxygen atoms in total. The highest BCUT2D eigenvalue weighted by atomic mass is 16.5. The zero-order chi connectivity index (χ0) is 15.8.